The van der Waals surface area contributed by atoms with Crippen LogP contribution in [-0.2, 0) is 14.0 Å². The summed E-state index contributed by atoms with van der Waals surface area (Å²) in [4.78, 5) is 12.1. The minimum Gasteiger partial charge on any atom is -0.465 e. The molecule has 1 aliphatic heterocycles. The summed E-state index contributed by atoms with van der Waals surface area (Å²) >= 11 is 0. The lowest BCUT2D eigenvalue weighted by molar-refractivity contribution is 0.00578. The van der Waals surface area contributed by atoms with Crippen molar-refractivity contribution >= 4 is 30.1 Å². The number of carbonyl (C=O) groups is 1. The zero-order valence-electron chi connectivity index (χ0n) is 15.8. The second-order valence-electron chi connectivity index (χ2n) is 7.40. The van der Waals surface area contributed by atoms with E-state index in [1.165, 1.54) is 7.11 Å². The lowest BCUT2D eigenvalue weighted by Crippen LogP contribution is -2.41. The first-order valence-electron chi connectivity index (χ1n) is 8.50. The third kappa shape index (κ3) is 3.16. The molecule has 7 nitrogen and oxygen atoms in total. The number of hydrogen-bond acceptors (Lipinski definition) is 6. The number of methoxy groups -OCH3 is 1. The topological polar surface area (TPSA) is 99.5 Å². The summed E-state index contributed by atoms with van der Waals surface area (Å²) in [6.07, 6.45) is 3.49. The van der Waals surface area contributed by atoms with Gasteiger partial charge in [-0.3, -0.25) is 5.10 Å². The number of hydrogen-bond donors (Lipinski definition) is 2. The quantitative estimate of drug-likeness (QED) is 0.644. The van der Waals surface area contributed by atoms with Crippen molar-refractivity contribution in [3.8, 4) is 0 Å². The molecule has 0 aliphatic carbocycles. The fourth-order valence-corrected chi connectivity index (χ4v) is 2.87. The molecule has 1 aromatic carbocycles. The maximum atomic E-state index is 12.1. The lowest BCUT2D eigenvalue weighted by Gasteiger charge is -2.32. The minimum atomic E-state index is -0.538. The van der Waals surface area contributed by atoms with Gasteiger partial charge in [-0.15, -0.1) is 0 Å². The first-order chi connectivity index (χ1) is 12.2. The number of carbonyl (C=O) groups excluding carboxylic acids is 1. The van der Waals surface area contributed by atoms with E-state index in [4.69, 9.17) is 19.8 Å². The predicted octanol–water partition coefficient (Wildman–Crippen LogP) is 2.32. The second-order valence-corrected chi connectivity index (χ2v) is 7.40. The SMILES string of the molecule is COC(=O)c1cc(C=C(CN)B2OC(C)(C)C(C)(C)O2)cc2[nH]ncc12. The molecule has 2 aromatic rings. The van der Waals surface area contributed by atoms with Gasteiger partial charge in [-0.2, -0.15) is 5.10 Å². The van der Waals surface area contributed by atoms with E-state index in [1.54, 1.807) is 12.3 Å². The normalized spacial score (nSPS) is 19.2. The molecule has 1 fully saturated rings. The Balaban J connectivity index is 2.01. The Morgan fingerprint density at radius 2 is 1.96 bits per heavy atom. The van der Waals surface area contributed by atoms with Crippen LogP contribution in [0.4, 0.5) is 0 Å². The average molecular weight is 357 g/mol. The van der Waals surface area contributed by atoms with Crippen LogP contribution in [0.3, 0.4) is 0 Å². The fourth-order valence-electron chi connectivity index (χ4n) is 2.87. The van der Waals surface area contributed by atoms with Crippen molar-refractivity contribution in [3.05, 3.63) is 34.9 Å². The van der Waals surface area contributed by atoms with Crippen molar-refractivity contribution in [2.24, 2.45) is 5.73 Å². The molecule has 0 amide bonds. The fraction of sp³-hybridized carbons (Fsp3) is 0.444. The van der Waals surface area contributed by atoms with Crippen LogP contribution in [0.15, 0.2) is 23.8 Å². The molecule has 0 spiro atoms. The molecular formula is C18H24BN3O4. The summed E-state index contributed by atoms with van der Waals surface area (Å²) in [5.74, 6) is -0.420. The summed E-state index contributed by atoms with van der Waals surface area (Å²) in [5.41, 5.74) is 7.82. The van der Waals surface area contributed by atoms with E-state index in [9.17, 15) is 4.79 Å². The van der Waals surface area contributed by atoms with Crippen molar-refractivity contribution in [2.45, 2.75) is 38.9 Å². The number of rotatable bonds is 4. The molecule has 0 radical (unpaired) electrons. The molecule has 2 heterocycles. The van der Waals surface area contributed by atoms with Crippen LogP contribution in [0.25, 0.3) is 17.0 Å². The van der Waals surface area contributed by atoms with Crippen molar-refractivity contribution in [2.75, 3.05) is 13.7 Å². The molecule has 1 saturated heterocycles. The Bertz CT molecular complexity index is 856. The monoisotopic (exact) mass is 357 g/mol. The van der Waals surface area contributed by atoms with Crippen molar-refractivity contribution in [3.63, 3.8) is 0 Å². The highest BCUT2D eigenvalue weighted by molar-refractivity contribution is 6.55. The molecule has 0 saturated carbocycles. The molecule has 138 valence electrons. The van der Waals surface area contributed by atoms with Gasteiger partial charge in [0.05, 0.1) is 35.6 Å². The van der Waals surface area contributed by atoms with E-state index in [2.05, 4.69) is 10.2 Å². The van der Waals surface area contributed by atoms with Crippen LogP contribution in [-0.4, -0.2) is 48.1 Å². The number of esters is 1. The van der Waals surface area contributed by atoms with E-state index in [0.717, 1.165) is 16.6 Å². The predicted molar refractivity (Wildman–Crippen MR) is 101 cm³/mol. The highest BCUT2D eigenvalue weighted by atomic mass is 16.7. The number of ether oxygens (including phenoxy) is 1. The molecule has 1 aromatic heterocycles. The molecule has 3 rings (SSSR count). The number of nitrogens with one attached hydrogen (secondary N) is 1. The zero-order chi connectivity index (χ0) is 19.1. The van der Waals surface area contributed by atoms with Gasteiger partial charge in [-0.1, -0.05) is 6.08 Å². The highest BCUT2D eigenvalue weighted by Crippen LogP contribution is 2.38. The molecule has 0 unspecified atom stereocenters. The average Bonchev–Trinajstić information content (AvgIpc) is 3.12. The van der Waals surface area contributed by atoms with Gasteiger partial charge in [-0.05, 0) is 50.9 Å². The summed E-state index contributed by atoms with van der Waals surface area (Å²) in [5, 5.41) is 7.60. The molecule has 8 heteroatoms. The van der Waals surface area contributed by atoms with E-state index < -0.39 is 24.3 Å². The first kappa shape index (κ1) is 18.6. The van der Waals surface area contributed by atoms with Gasteiger partial charge in [0.2, 0.25) is 0 Å². The molecule has 26 heavy (non-hydrogen) atoms. The number of fused-ring (bicyclic) bond motifs is 1. The number of aromatic amines is 1. The van der Waals surface area contributed by atoms with E-state index in [-0.39, 0.29) is 6.54 Å². The van der Waals surface area contributed by atoms with Gasteiger partial charge < -0.3 is 19.8 Å². The Morgan fingerprint density at radius 3 is 2.54 bits per heavy atom. The van der Waals surface area contributed by atoms with Crippen LogP contribution >= 0.6 is 0 Å². The van der Waals surface area contributed by atoms with Crippen LogP contribution in [0.2, 0.25) is 0 Å². The standard InChI is InChI=1S/C18H24BN3O4/c1-17(2)18(3,4)26-19(25-17)12(9-20)6-11-7-13(16(23)24-5)14-10-21-22-15(14)8-11/h6-8,10H,9,20H2,1-5H3,(H,21,22). The number of benzene rings is 1. The molecular weight excluding hydrogens is 333 g/mol. The second kappa shape index (κ2) is 6.53. The Kier molecular flexibility index (Phi) is 4.68. The largest absolute Gasteiger partial charge is 0.491 e. The molecule has 0 atom stereocenters. The van der Waals surface area contributed by atoms with E-state index >= 15 is 0 Å². The Morgan fingerprint density at radius 1 is 1.31 bits per heavy atom. The zero-order valence-corrected chi connectivity index (χ0v) is 15.8. The van der Waals surface area contributed by atoms with Crippen molar-refractivity contribution < 1.29 is 18.8 Å². The number of aromatic nitrogens is 2. The smallest absolute Gasteiger partial charge is 0.465 e. The molecule has 1 aliphatic rings. The van der Waals surface area contributed by atoms with E-state index in [1.807, 2.05) is 39.8 Å². The Labute approximate surface area is 153 Å². The number of H-pyrrole nitrogens is 1. The van der Waals surface area contributed by atoms with Gasteiger partial charge in [0, 0.05) is 11.9 Å². The maximum Gasteiger partial charge on any atom is 0.491 e. The first-order valence-corrected chi connectivity index (χ1v) is 8.50. The van der Waals surface area contributed by atoms with Crippen LogP contribution < -0.4 is 5.73 Å². The lowest BCUT2D eigenvalue weighted by atomic mass is 9.77. The van der Waals surface area contributed by atoms with Crippen molar-refractivity contribution in [1.29, 1.82) is 0 Å². The van der Waals surface area contributed by atoms with E-state index in [0.29, 0.717) is 10.9 Å². The van der Waals surface area contributed by atoms with Gasteiger partial charge in [0.15, 0.2) is 0 Å². The molecule has 3 N–H and O–H groups in total. The summed E-state index contributed by atoms with van der Waals surface area (Å²) in [7, 11) is 0.816. The summed E-state index contributed by atoms with van der Waals surface area (Å²) in [6.45, 7) is 8.24. The third-order valence-electron chi connectivity index (χ3n) is 5.13. The number of nitrogens with two attached hydrogens (primary N) is 1. The maximum absolute atomic E-state index is 12.1. The summed E-state index contributed by atoms with van der Waals surface area (Å²) < 4.78 is 17.0. The summed E-state index contributed by atoms with van der Waals surface area (Å²) in [6, 6.07) is 3.65. The highest BCUT2D eigenvalue weighted by Gasteiger charge is 2.52. The van der Waals surface area contributed by atoms with Gasteiger partial charge in [-0.25, -0.2) is 4.79 Å². The van der Waals surface area contributed by atoms with Crippen LogP contribution in [0.5, 0.6) is 0 Å². The van der Waals surface area contributed by atoms with Gasteiger partial charge >= 0.3 is 13.1 Å². The van der Waals surface area contributed by atoms with Crippen LogP contribution in [0.1, 0.15) is 43.6 Å². The van der Waals surface area contributed by atoms with Gasteiger partial charge in [0.25, 0.3) is 0 Å². The van der Waals surface area contributed by atoms with Crippen molar-refractivity contribution in [1.82, 2.24) is 10.2 Å². The third-order valence-corrected chi connectivity index (χ3v) is 5.13. The molecule has 0 bridgehead atoms. The minimum absolute atomic E-state index is 0.269. The Hall–Kier alpha value is -2.16. The van der Waals surface area contributed by atoms with Crippen LogP contribution in [0, 0.1) is 0 Å². The van der Waals surface area contributed by atoms with Gasteiger partial charge in [0.1, 0.15) is 0 Å². The number of nitrogens with zero attached hydrogens (tertiary/aromatic N) is 1.